The standard InChI is InChI=1S/C9H18NO3.C4H10.Y/c1-3-4-9(11)10-5-6-13-8-7-12-2;1-4(2)3;/h2-8H2,1H3,(H,10,11);4H,1-3H3;/q-1;;. The third kappa shape index (κ3) is 30.0. The molecule has 18 heavy (non-hydrogen) atoms. The third-order valence-corrected chi connectivity index (χ3v) is 1.42. The molecule has 0 spiro atoms. The Hall–Kier alpha value is 0.494. The summed E-state index contributed by atoms with van der Waals surface area (Å²) < 4.78 is 9.67. The minimum atomic E-state index is 0. The van der Waals surface area contributed by atoms with E-state index in [1.165, 1.54) is 0 Å². The molecule has 0 aromatic carbocycles. The normalized spacial score (nSPS) is 9.22. The van der Waals surface area contributed by atoms with E-state index in [1.54, 1.807) is 0 Å². The first kappa shape index (κ1) is 23.6. The molecule has 0 atom stereocenters. The van der Waals surface area contributed by atoms with Gasteiger partial charge in [-0.25, -0.2) is 7.11 Å². The van der Waals surface area contributed by atoms with Gasteiger partial charge in [0.15, 0.2) is 0 Å². The molecule has 0 bridgehead atoms. The van der Waals surface area contributed by atoms with Crippen LogP contribution in [0.2, 0.25) is 0 Å². The smallest absolute Gasteiger partial charge is 0.220 e. The maximum absolute atomic E-state index is 10.9. The second kappa shape index (κ2) is 19.8. The minimum Gasteiger partial charge on any atom is -0.553 e. The van der Waals surface area contributed by atoms with Crippen molar-refractivity contribution in [2.24, 2.45) is 5.92 Å². The summed E-state index contributed by atoms with van der Waals surface area (Å²) in [7, 11) is 3.21. The van der Waals surface area contributed by atoms with E-state index in [0.717, 1.165) is 12.3 Å². The zero-order chi connectivity index (χ0) is 13.5. The zero-order valence-corrected chi connectivity index (χ0v) is 15.2. The van der Waals surface area contributed by atoms with Gasteiger partial charge in [-0.1, -0.05) is 27.7 Å². The fourth-order valence-corrected chi connectivity index (χ4v) is 0.798. The molecule has 0 unspecified atom stereocenters. The average molecular weight is 335 g/mol. The van der Waals surface area contributed by atoms with Crippen molar-refractivity contribution in [2.45, 2.75) is 40.5 Å². The van der Waals surface area contributed by atoms with Crippen molar-refractivity contribution in [3.63, 3.8) is 0 Å². The van der Waals surface area contributed by atoms with Crippen LogP contribution in [0.15, 0.2) is 0 Å². The second-order valence-corrected chi connectivity index (χ2v) is 4.35. The van der Waals surface area contributed by atoms with Gasteiger partial charge in [0.1, 0.15) is 0 Å². The van der Waals surface area contributed by atoms with Crippen LogP contribution in [-0.4, -0.2) is 32.3 Å². The molecule has 5 heteroatoms. The average Bonchev–Trinajstić information content (AvgIpc) is 2.23. The molecule has 0 aliphatic rings. The predicted molar refractivity (Wildman–Crippen MR) is 70.6 cm³/mol. The Morgan fingerprint density at radius 3 is 2.22 bits per heavy atom. The van der Waals surface area contributed by atoms with Crippen molar-refractivity contribution in [1.82, 2.24) is 5.32 Å². The van der Waals surface area contributed by atoms with Crippen molar-refractivity contribution in [3.05, 3.63) is 7.11 Å². The number of amides is 1. The summed E-state index contributed by atoms with van der Waals surface area (Å²) in [6.45, 7) is 10.6. The van der Waals surface area contributed by atoms with Crippen LogP contribution in [0.5, 0.6) is 0 Å². The van der Waals surface area contributed by atoms with Crippen molar-refractivity contribution < 1.29 is 47.0 Å². The van der Waals surface area contributed by atoms with Crippen LogP contribution in [0.25, 0.3) is 0 Å². The molecule has 0 aliphatic heterocycles. The Bertz CT molecular complexity index is 164. The summed E-state index contributed by atoms with van der Waals surface area (Å²) in [6, 6.07) is 0. The Morgan fingerprint density at radius 2 is 1.78 bits per heavy atom. The molecule has 0 aromatic heterocycles. The molecule has 0 rings (SSSR count). The third-order valence-electron chi connectivity index (χ3n) is 1.42. The van der Waals surface area contributed by atoms with E-state index in [2.05, 4.69) is 37.9 Å². The number of hydrogen-bond donors (Lipinski definition) is 1. The zero-order valence-electron chi connectivity index (χ0n) is 12.3. The van der Waals surface area contributed by atoms with E-state index >= 15 is 0 Å². The first-order chi connectivity index (χ1) is 8.04. The van der Waals surface area contributed by atoms with Crippen LogP contribution in [-0.2, 0) is 47.0 Å². The van der Waals surface area contributed by atoms with E-state index in [4.69, 9.17) is 4.74 Å². The SMILES string of the molecule is CC(C)C.[CH2-]OCCOCCNC(=O)CCC.[Y]. The van der Waals surface area contributed by atoms with Crippen molar-refractivity contribution in [3.8, 4) is 0 Å². The Balaban J connectivity index is -0.000000392. The summed E-state index contributed by atoms with van der Waals surface area (Å²) in [6.07, 6.45) is 1.46. The summed E-state index contributed by atoms with van der Waals surface area (Å²) >= 11 is 0. The van der Waals surface area contributed by atoms with Crippen molar-refractivity contribution in [2.75, 3.05) is 26.4 Å². The van der Waals surface area contributed by atoms with Crippen LogP contribution in [0.1, 0.15) is 40.5 Å². The summed E-state index contributed by atoms with van der Waals surface area (Å²) in [5.74, 6) is 0.916. The number of hydrogen-bond acceptors (Lipinski definition) is 3. The van der Waals surface area contributed by atoms with Gasteiger partial charge >= 0.3 is 0 Å². The van der Waals surface area contributed by atoms with Gasteiger partial charge in [-0.2, -0.15) is 0 Å². The second-order valence-electron chi connectivity index (χ2n) is 4.35. The van der Waals surface area contributed by atoms with Gasteiger partial charge in [0, 0.05) is 52.3 Å². The molecule has 0 aliphatic carbocycles. The van der Waals surface area contributed by atoms with Crippen LogP contribution in [0, 0.1) is 13.0 Å². The number of carbonyl (C=O) groups excluding carboxylic acids is 1. The number of nitrogens with one attached hydrogen (secondary N) is 1. The van der Waals surface area contributed by atoms with Crippen LogP contribution in [0.3, 0.4) is 0 Å². The van der Waals surface area contributed by atoms with E-state index in [-0.39, 0.29) is 38.6 Å². The van der Waals surface area contributed by atoms with Crippen molar-refractivity contribution >= 4 is 5.91 Å². The maximum atomic E-state index is 10.9. The van der Waals surface area contributed by atoms with Crippen LogP contribution >= 0.6 is 0 Å². The van der Waals surface area contributed by atoms with E-state index in [9.17, 15) is 4.79 Å². The number of ether oxygens (including phenoxy) is 2. The Labute approximate surface area is 137 Å². The largest absolute Gasteiger partial charge is 0.553 e. The molecule has 4 nitrogen and oxygen atoms in total. The van der Waals surface area contributed by atoms with E-state index in [1.807, 2.05) is 6.92 Å². The van der Waals surface area contributed by atoms with Gasteiger partial charge < -0.3 is 14.8 Å². The first-order valence-electron chi connectivity index (χ1n) is 6.26. The van der Waals surface area contributed by atoms with Crippen LogP contribution in [0.4, 0.5) is 0 Å². The monoisotopic (exact) mass is 335 g/mol. The quantitative estimate of drug-likeness (QED) is 0.547. The molecular formula is C13H28NO3Y-. The summed E-state index contributed by atoms with van der Waals surface area (Å²) in [5, 5.41) is 2.74. The van der Waals surface area contributed by atoms with Gasteiger partial charge in [-0.05, 0) is 12.3 Å². The van der Waals surface area contributed by atoms with Gasteiger partial charge in [-0.15, -0.1) is 0 Å². The van der Waals surface area contributed by atoms with Gasteiger partial charge in [0.25, 0.3) is 0 Å². The summed E-state index contributed by atoms with van der Waals surface area (Å²) in [4.78, 5) is 10.9. The molecular weight excluding hydrogens is 307 g/mol. The molecule has 0 heterocycles. The van der Waals surface area contributed by atoms with Crippen LogP contribution < -0.4 is 5.32 Å². The topological polar surface area (TPSA) is 47.6 Å². The molecule has 0 fully saturated rings. The van der Waals surface area contributed by atoms with Crippen molar-refractivity contribution in [1.29, 1.82) is 0 Å². The fourth-order valence-electron chi connectivity index (χ4n) is 0.798. The molecule has 107 valence electrons. The molecule has 0 aromatic rings. The Morgan fingerprint density at radius 1 is 1.22 bits per heavy atom. The molecule has 0 saturated heterocycles. The Kier molecular flexibility index (Phi) is 26.0. The molecule has 0 saturated carbocycles. The summed E-state index contributed by atoms with van der Waals surface area (Å²) in [5.41, 5.74) is 0. The number of carbonyl (C=O) groups is 1. The van der Waals surface area contributed by atoms with E-state index in [0.29, 0.717) is 32.8 Å². The number of rotatable bonds is 8. The molecule has 1 radical (unpaired) electrons. The van der Waals surface area contributed by atoms with E-state index < -0.39 is 0 Å². The van der Waals surface area contributed by atoms with Gasteiger partial charge in [-0.3, -0.25) is 4.79 Å². The minimum absolute atomic E-state index is 0. The molecule has 1 N–H and O–H groups in total. The molecule has 1 amide bonds. The maximum Gasteiger partial charge on any atom is 0.220 e. The predicted octanol–water partition coefficient (Wildman–Crippen LogP) is 2.39. The fraction of sp³-hybridized carbons (Fsp3) is 0.846. The van der Waals surface area contributed by atoms with Gasteiger partial charge in [0.05, 0.1) is 13.2 Å². The van der Waals surface area contributed by atoms with Gasteiger partial charge in [0.2, 0.25) is 5.91 Å². The first-order valence-corrected chi connectivity index (χ1v) is 6.26.